The van der Waals surface area contributed by atoms with Crippen molar-refractivity contribution in [3.63, 3.8) is 0 Å². The van der Waals surface area contributed by atoms with E-state index < -0.39 is 12.0 Å². The van der Waals surface area contributed by atoms with Gasteiger partial charge in [-0.3, -0.25) is 9.69 Å². The van der Waals surface area contributed by atoms with Crippen molar-refractivity contribution in [1.29, 1.82) is 0 Å². The Morgan fingerprint density at radius 3 is 3.07 bits per heavy atom. The van der Waals surface area contributed by atoms with Gasteiger partial charge in [0, 0.05) is 11.8 Å². The number of hydrogen-bond donors (Lipinski definition) is 1. The third-order valence-electron chi connectivity index (χ3n) is 2.35. The molecule has 0 saturated carbocycles. The average Bonchev–Trinajstić information content (AvgIpc) is 2.52. The molecule has 0 saturated heterocycles. The molecule has 78 valence electrons. The summed E-state index contributed by atoms with van der Waals surface area (Å²) < 4.78 is 0. The molecule has 15 heavy (non-hydrogen) atoms. The minimum atomic E-state index is -1.05. The van der Waals surface area contributed by atoms with Crippen LogP contribution in [0.1, 0.15) is 12.5 Å². The van der Waals surface area contributed by atoms with E-state index in [1.54, 1.807) is 0 Å². The number of fused-ring (bicyclic) bond motifs is 1. The molecule has 1 aliphatic heterocycles. The summed E-state index contributed by atoms with van der Waals surface area (Å²) in [5.74, 6) is -0.889. The lowest BCUT2D eigenvalue weighted by molar-refractivity contribution is -0.139. The second-order valence-electron chi connectivity index (χ2n) is 3.33. The molecule has 0 fully saturated rings. The van der Waals surface area contributed by atoms with Gasteiger partial charge in [0.1, 0.15) is 18.2 Å². The molecule has 1 atom stereocenters. The topological polar surface area (TPSA) is 83.4 Å². The molecule has 0 spiro atoms. The Morgan fingerprint density at radius 1 is 1.67 bits per heavy atom. The van der Waals surface area contributed by atoms with Crippen molar-refractivity contribution < 1.29 is 14.7 Å². The van der Waals surface area contributed by atoms with Gasteiger partial charge in [0.25, 0.3) is 0 Å². The minimum Gasteiger partial charge on any atom is -0.480 e. The van der Waals surface area contributed by atoms with Crippen molar-refractivity contribution >= 4 is 17.7 Å². The summed E-state index contributed by atoms with van der Waals surface area (Å²) in [6, 6.07) is -0.895. The largest absolute Gasteiger partial charge is 0.480 e. The normalized spacial score (nSPS) is 16.3. The molecule has 1 aromatic heterocycles. The smallest absolute Gasteiger partial charge is 0.326 e. The predicted molar refractivity (Wildman–Crippen MR) is 50.3 cm³/mol. The SMILES string of the molecule is C[C@@H](C(=O)O)N1C(=O)Cc2cncnc21. The van der Waals surface area contributed by atoms with Gasteiger partial charge in [0.2, 0.25) is 5.91 Å². The molecule has 2 heterocycles. The average molecular weight is 207 g/mol. The van der Waals surface area contributed by atoms with Crippen LogP contribution in [0.2, 0.25) is 0 Å². The molecule has 1 aromatic rings. The second kappa shape index (κ2) is 3.30. The monoisotopic (exact) mass is 207 g/mol. The van der Waals surface area contributed by atoms with E-state index in [4.69, 9.17) is 5.11 Å². The van der Waals surface area contributed by atoms with E-state index in [1.165, 1.54) is 24.3 Å². The fourth-order valence-electron chi connectivity index (χ4n) is 1.57. The Labute approximate surface area is 85.6 Å². The van der Waals surface area contributed by atoms with Crippen molar-refractivity contribution in [3.8, 4) is 0 Å². The minimum absolute atomic E-state index is 0.174. The number of rotatable bonds is 2. The first-order valence-electron chi connectivity index (χ1n) is 4.45. The van der Waals surface area contributed by atoms with Gasteiger partial charge in [-0.25, -0.2) is 14.8 Å². The molecule has 6 nitrogen and oxygen atoms in total. The lowest BCUT2D eigenvalue weighted by Crippen LogP contribution is -2.41. The van der Waals surface area contributed by atoms with Crippen LogP contribution in [0.15, 0.2) is 12.5 Å². The first kappa shape index (κ1) is 9.57. The maximum absolute atomic E-state index is 11.6. The van der Waals surface area contributed by atoms with Crippen molar-refractivity contribution in [2.45, 2.75) is 19.4 Å². The van der Waals surface area contributed by atoms with Crippen LogP contribution in [0.25, 0.3) is 0 Å². The molecule has 1 N–H and O–H groups in total. The first-order valence-corrected chi connectivity index (χ1v) is 4.45. The molecule has 0 unspecified atom stereocenters. The molecule has 2 rings (SSSR count). The van der Waals surface area contributed by atoms with E-state index in [-0.39, 0.29) is 12.3 Å². The highest BCUT2D eigenvalue weighted by Crippen LogP contribution is 2.26. The molecular formula is C9H9N3O3. The standard InChI is InChI=1S/C9H9N3O3/c1-5(9(14)15)12-7(13)2-6-3-10-4-11-8(6)12/h3-5H,2H2,1H3,(H,14,15)/t5-/m0/s1. The Kier molecular flexibility index (Phi) is 2.11. The highest BCUT2D eigenvalue weighted by atomic mass is 16.4. The zero-order chi connectivity index (χ0) is 11.0. The van der Waals surface area contributed by atoms with Gasteiger partial charge in [-0.15, -0.1) is 0 Å². The van der Waals surface area contributed by atoms with Crippen LogP contribution in [-0.2, 0) is 16.0 Å². The number of carbonyl (C=O) groups is 2. The molecular weight excluding hydrogens is 198 g/mol. The van der Waals surface area contributed by atoms with Crippen LogP contribution >= 0.6 is 0 Å². The molecule has 0 radical (unpaired) electrons. The summed E-state index contributed by atoms with van der Waals surface area (Å²) >= 11 is 0. The van der Waals surface area contributed by atoms with Crippen LogP contribution in [0.5, 0.6) is 0 Å². The van der Waals surface area contributed by atoms with Crippen molar-refractivity contribution in [2.24, 2.45) is 0 Å². The number of amides is 1. The zero-order valence-corrected chi connectivity index (χ0v) is 8.04. The van der Waals surface area contributed by atoms with Gasteiger partial charge in [-0.2, -0.15) is 0 Å². The van der Waals surface area contributed by atoms with E-state index >= 15 is 0 Å². The van der Waals surface area contributed by atoms with Crippen LogP contribution in [0.4, 0.5) is 5.82 Å². The Bertz CT molecular complexity index is 432. The number of aromatic nitrogens is 2. The quantitative estimate of drug-likeness (QED) is 0.728. The second-order valence-corrected chi connectivity index (χ2v) is 3.33. The van der Waals surface area contributed by atoms with Gasteiger partial charge in [-0.1, -0.05) is 0 Å². The maximum atomic E-state index is 11.6. The fraction of sp³-hybridized carbons (Fsp3) is 0.333. The Balaban J connectivity index is 2.42. The molecule has 0 bridgehead atoms. The fourth-order valence-corrected chi connectivity index (χ4v) is 1.57. The summed E-state index contributed by atoms with van der Waals surface area (Å²) in [4.78, 5) is 31.3. The molecule has 6 heteroatoms. The van der Waals surface area contributed by atoms with Gasteiger partial charge < -0.3 is 5.11 Å². The van der Waals surface area contributed by atoms with Crippen LogP contribution in [0.3, 0.4) is 0 Å². The molecule has 1 aliphatic rings. The van der Waals surface area contributed by atoms with Gasteiger partial charge in [0.15, 0.2) is 0 Å². The summed E-state index contributed by atoms with van der Waals surface area (Å²) in [7, 11) is 0. The van der Waals surface area contributed by atoms with Gasteiger partial charge in [-0.05, 0) is 6.92 Å². The number of nitrogens with zero attached hydrogens (tertiary/aromatic N) is 3. The summed E-state index contributed by atoms with van der Waals surface area (Å²) in [5, 5.41) is 8.85. The highest BCUT2D eigenvalue weighted by molar-refractivity contribution is 6.04. The lowest BCUT2D eigenvalue weighted by Gasteiger charge is -2.20. The summed E-state index contributed by atoms with van der Waals surface area (Å²) in [6.45, 7) is 1.46. The molecule has 1 amide bonds. The highest BCUT2D eigenvalue weighted by Gasteiger charge is 2.35. The van der Waals surface area contributed by atoms with E-state index in [2.05, 4.69) is 9.97 Å². The van der Waals surface area contributed by atoms with E-state index in [0.717, 1.165) is 0 Å². The predicted octanol–water partition coefficient (Wildman–Crippen LogP) is -0.161. The summed E-state index contributed by atoms with van der Waals surface area (Å²) in [5.41, 5.74) is 0.676. The van der Waals surface area contributed by atoms with Crippen LogP contribution in [-0.4, -0.2) is 33.0 Å². The number of hydrogen-bond acceptors (Lipinski definition) is 4. The van der Waals surface area contributed by atoms with E-state index in [1.807, 2.05) is 0 Å². The number of anilines is 1. The van der Waals surface area contributed by atoms with Crippen LogP contribution in [0, 0.1) is 0 Å². The van der Waals surface area contributed by atoms with Gasteiger partial charge >= 0.3 is 5.97 Å². The summed E-state index contributed by atoms with van der Waals surface area (Å²) in [6.07, 6.45) is 3.02. The lowest BCUT2D eigenvalue weighted by atomic mass is 10.3. The Hall–Kier alpha value is -1.98. The van der Waals surface area contributed by atoms with E-state index in [9.17, 15) is 9.59 Å². The zero-order valence-electron chi connectivity index (χ0n) is 8.04. The number of carbonyl (C=O) groups excluding carboxylic acids is 1. The molecule has 0 aliphatic carbocycles. The van der Waals surface area contributed by atoms with Crippen molar-refractivity contribution in [2.75, 3.05) is 4.90 Å². The molecule has 0 aromatic carbocycles. The third kappa shape index (κ3) is 1.43. The first-order chi connectivity index (χ1) is 7.11. The number of carboxylic acid groups (broad SMARTS) is 1. The third-order valence-corrected chi connectivity index (χ3v) is 2.35. The number of aliphatic carboxylic acids is 1. The Morgan fingerprint density at radius 2 is 2.40 bits per heavy atom. The van der Waals surface area contributed by atoms with Crippen LogP contribution < -0.4 is 4.90 Å². The van der Waals surface area contributed by atoms with Gasteiger partial charge in [0.05, 0.1) is 6.42 Å². The van der Waals surface area contributed by atoms with Crippen molar-refractivity contribution in [1.82, 2.24) is 9.97 Å². The maximum Gasteiger partial charge on any atom is 0.326 e. The van der Waals surface area contributed by atoms with Crippen molar-refractivity contribution in [3.05, 3.63) is 18.1 Å². The number of carboxylic acids is 1. The van der Waals surface area contributed by atoms with E-state index in [0.29, 0.717) is 11.4 Å².